The Morgan fingerprint density at radius 2 is 2.06 bits per heavy atom. The maximum Gasteiger partial charge on any atom is 0.270 e. The Bertz CT molecular complexity index is 424. The molecule has 0 radical (unpaired) electrons. The first kappa shape index (κ1) is 14.1. The summed E-state index contributed by atoms with van der Waals surface area (Å²) in [7, 11) is 0. The van der Waals surface area contributed by atoms with Crippen LogP contribution in [0.25, 0.3) is 0 Å². The number of carbonyl (C=O) groups is 2. The van der Waals surface area contributed by atoms with E-state index in [0.717, 1.165) is 12.5 Å². The molecular formula is C12H16FN3O2. The van der Waals surface area contributed by atoms with Crippen LogP contribution in [0.2, 0.25) is 0 Å². The van der Waals surface area contributed by atoms with E-state index in [2.05, 4.69) is 15.6 Å². The van der Waals surface area contributed by atoms with Gasteiger partial charge in [0, 0.05) is 19.5 Å². The Kier molecular flexibility index (Phi) is 5.76. The SMILES string of the molecule is CCCNC(=O)CCNC(=O)c1cccc(F)n1. The van der Waals surface area contributed by atoms with E-state index in [-0.39, 0.29) is 24.6 Å². The lowest BCUT2D eigenvalue weighted by atomic mass is 10.3. The zero-order valence-electron chi connectivity index (χ0n) is 10.2. The van der Waals surface area contributed by atoms with Crippen molar-refractivity contribution in [3.8, 4) is 0 Å². The summed E-state index contributed by atoms with van der Waals surface area (Å²) in [5.74, 6) is -1.31. The first-order valence-electron chi connectivity index (χ1n) is 5.81. The van der Waals surface area contributed by atoms with E-state index in [9.17, 15) is 14.0 Å². The van der Waals surface area contributed by atoms with Gasteiger partial charge in [0.05, 0.1) is 0 Å². The van der Waals surface area contributed by atoms with Crippen molar-refractivity contribution < 1.29 is 14.0 Å². The zero-order chi connectivity index (χ0) is 13.4. The van der Waals surface area contributed by atoms with E-state index in [1.54, 1.807) is 0 Å². The number of carbonyl (C=O) groups excluding carboxylic acids is 2. The molecule has 2 N–H and O–H groups in total. The molecule has 0 aromatic carbocycles. The topological polar surface area (TPSA) is 71.1 Å². The molecule has 1 aromatic heterocycles. The quantitative estimate of drug-likeness (QED) is 0.739. The average molecular weight is 253 g/mol. The second-order valence-electron chi connectivity index (χ2n) is 3.70. The molecule has 98 valence electrons. The fourth-order valence-electron chi connectivity index (χ4n) is 1.27. The smallest absolute Gasteiger partial charge is 0.270 e. The van der Waals surface area contributed by atoms with Crippen molar-refractivity contribution in [2.24, 2.45) is 0 Å². The number of amides is 2. The molecule has 0 spiro atoms. The lowest BCUT2D eigenvalue weighted by Crippen LogP contribution is -2.31. The molecule has 0 unspecified atom stereocenters. The number of halogens is 1. The van der Waals surface area contributed by atoms with Crippen LogP contribution >= 0.6 is 0 Å². The molecule has 1 heterocycles. The molecular weight excluding hydrogens is 237 g/mol. The fourth-order valence-corrected chi connectivity index (χ4v) is 1.27. The molecule has 0 saturated heterocycles. The van der Waals surface area contributed by atoms with E-state index < -0.39 is 11.9 Å². The molecule has 0 aliphatic rings. The number of hydrogen-bond donors (Lipinski definition) is 2. The molecule has 0 atom stereocenters. The third-order valence-electron chi connectivity index (χ3n) is 2.16. The van der Waals surface area contributed by atoms with E-state index in [1.807, 2.05) is 6.92 Å². The summed E-state index contributed by atoms with van der Waals surface area (Å²) in [6.45, 7) is 2.78. The van der Waals surface area contributed by atoms with Crippen molar-refractivity contribution in [3.63, 3.8) is 0 Å². The lowest BCUT2D eigenvalue weighted by Gasteiger charge is -2.05. The van der Waals surface area contributed by atoms with E-state index in [0.29, 0.717) is 6.54 Å². The molecule has 0 saturated carbocycles. The number of rotatable bonds is 6. The van der Waals surface area contributed by atoms with Crippen LogP contribution in [0.1, 0.15) is 30.3 Å². The normalized spacial score (nSPS) is 9.89. The summed E-state index contributed by atoms with van der Waals surface area (Å²) in [5.41, 5.74) is 0.00367. The first-order valence-corrected chi connectivity index (χ1v) is 5.81. The van der Waals surface area contributed by atoms with Gasteiger partial charge in [-0.05, 0) is 18.6 Å². The molecule has 1 aromatic rings. The van der Waals surface area contributed by atoms with Crippen molar-refractivity contribution in [1.82, 2.24) is 15.6 Å². The Morgan fingerprint density at radius 3 is 2.72 bits per heavy atom. The van der Waals surface area contributed by atoms with Crippen LogP contribution in [0, 0.1) is 5.95 Å². The molecule has 6 heteroatoms. The monoisotopic (exact) mass is 253 g/mol. The van der Waals surface area contributed by atoms with Crippen molar-refractivity contribution in [3.05, 3.63) is 29.8 Å². The molecule has 0 bridgehead atoms. The van der Waals surface area contributed by atoms with Gasteiger partial charge in [0.25, 0.3) is 5.91 Å². The highest BCUT2D eigenvalue weighted by molar-refractivity contribution is 5.92. The Morgan fingerprint density at radius 1 is 1.28 bits per heavy atom. The molecule has 18 heavy (non-hydrogen) atoms. The van der Waals surface area contributed by atoms with Crippen LogP contribution in [0.15, 0.2) is 18.2 Å². The van der Waals surface area contributed by atoms with Crippen LogP contribution < -0.4 is 10.6 Å². The number of aromatic nitrogens is 1. The van der Waals surface area contributed by atoms with Crippen molar-refractivity contribution >= 4 is 11.8 Å². The third-order valence-corrected chi connectivity index (χ3v) is 2.16. The van der Waals surface area contributed by atoms with Gasteiger partial charge in [-0.1, -0.05) is 13.0 Å². The molecule has 0 aliphatic carbocycles. The van der Waals surface area contributed by atoms with Crippen LogP contribution in [0.4, 0.5) is 4.39 Å². The minimum absolute atomic E-state index is 0.00367. The summed E-state index contributed by atoms with van der Waals surface area (Å²) < 4.78 is 12.8. The zero-order valence-corrected chi connectivity index (χ0v) is 10.2. The molecule has 2 amide bonds. The van der Waals surface area contributed by atoms with Gasteiger partial charge >= 0.3 is 0 Å². The Hall–Kier alpha value is -1.98. The minimum Gasteiger partial charge on any atom is -0.356 e. The largest absolute Gasteiger partial charge is 0.356 e. The maximum absolute atomic E-state index is 12.8. The highest BCUT2D eigenvalue weighted by Crippen LogP contribution is 1.97. The molecule has 0 fully saturated rings. The second kappa shape index (κ2) is 7.37. The molecule has 1 rings (SSSR count). The van der Waals surface area contributed by atoms with E-state index in [1.165, 1.54) is 12.1 Å². The van der Waals surface area contributed by atoms with Crippen molar-refractivity contribution in [2.45, 2.75) is 19.8 Å². The molecule has 5 nitrogen and oxygen atoms in total. The number of nitrogens with zero attached hydrogens (tertiary/aromatic N) is 1. The van der Waals surface area contributed by atoms with Gasteiger partial charge in [-0.2, -0.15) is 4.39 Å². The average Bonchev–Trinajstić information content (AvgIpc) is 2.36. The van der Waals surface area contributed by atoms with Crippen LogP contribution in [-0.4, -0.2) is 29.9 Å². The maximum atomic E-state index is 12.8. The van der Waals surface area contributed by atoms with Gasteiger partial charge in [-0.15, -0.1) is 0 Å². The number of nitrogens with one attached hydrogen (secondary N) is 2. The summed E-state index contributed by atoms with van der Waals surface area (Å²) in [6.07, 6.45) is 1.06. The van der Waals surface area contributed by atoms with Crippen molar-refractivity contribution in [1.29, 1.82) is 0 Å². The minimum atomic E-state index is -0.705. The predicted molar refractivity (Wildman–Crippen MR) is 64.4 cm³/mol. The molecule has 0 aliphatic heterocycles. The summed E-state index contributed by atoms with van der Waals surface area (Å²) in [6, 6.07) is 3.98. The third kappa shape index (κ3) is 4.90. The van der Waals surface area contributed by atoms with Gasteiger partial charge in [0.2, 0.25) is 11.9 Å². The standard InChI is InChI=1S/C12H16FN3O2/c1-2-7-14-11(17)6-8-15-12(18)9-4-3-5-10(13)16-9/h3-5H,2,6-8H2,1H3,(H,14,17)(H,15,18). The fraction of sp³-hybridized carbons (Fsp3) is 0.417. The van der Waals surface area contributed by atoms with Crippen molar-refractivity contribution in [2.75, 3.05) is 13.1 Å². The van der Waals surface area contributed by atoms with E-state index >= 15 is 0 Å². The van der Waals surface area contributed by atoms with Gasteiger partial charge in [0.15, 0.2) is 0 Å². The van der Waals surface area contributed by atoms with Gasteiger partial charge < -0.3 is 10.6 Å². The summed E-state index contributed by atoms with van der Waals surface area (Å²) in [4.78, 5) is 26.2. The van der Waals surface area contributed by atoms with Crippen LogP contribution in [-0.2, 0) is 4.79 Å². The predicted octanol–water partition coefficient (Wildman–Crippen LogP) is 0.867. The number of hydrogen-bond acceptors (Lipinski definition) is 3. The van der Waals surface area contributed by atoms with Gasteiger partial charge in [-0.25, -0.2) is 4.98 Å². The Balaban J connectivity index is 2.31. The Labute approximate surface area is 105 Å². The number of pyridine rings is 1. The summed E-state index contributed by atoms with van der Waals surface area (Å²) in [5, 5.41) is 5.19. The second-order valence-corrected chi connectivity index (χ2v) is 3.70. The van der Waals surface area contributed by atoms with Gasteiger partial charge in [-0.3, -0.25) is 9.59 Å². The first-order chi connectivity index (χ1) is 8.63. The lowest BCUT2D eigenvalue weighted by molar-refractivity contribution is -0.120. The van der Waals surface area contributed by atoms with E-state index in [4.69, 9.17) is 0 Å². The highest BCUT2D eigenvalue weighted by atomic mass is 19.1. The summed E-state index contributed by atoms with van der Waals surface area (Å²) >= 11 is 0. The van der Waals surface area contributed by atoms with Crippen LogP contribution in [0.5, 0.6) is 0 Å². The van der Waals surface area contributed by atoms with Crippen LogP contribution in [0.3, 0.4) is 0 Å². The highest BCUT2D eigenvalue weighted by Gasteiger charge is 2.08. The van der Waals surface area contributed by atoms with Gasteiger partial charge in [0.1, 0.15) is 5.69 Å².